The normalized spacial score (nSPS) is 20.7. The maximum absolute atomic E-state index is 12.6. The van der Waals surface area contributed by atoms with Crippen LogP contribution >= 0.6 is 11.8 Å². The standard InChI is InChI=1S/C18H28N6O2S/c1-21(2)15(25)11-22-7-9-23(10-8-22)16(26)12-27-18-20-19-17(13-3-4-13)24(18)14-5-6-14/h13-14H,3-12H2,1-2H3/p+1. The first-order valence-electron chi connectivity index (χ1n) is 9.92. The topological polar surface area (TPSA) is 75.8 Å². The van der Waals surface area contributed by atoms with Gasteiger partial charge in [-0.15, -0.1) is 10.2 Å². The fraction of sp³-hybridized carbons (Fsp3) is 0.778. The zero-order valence-corrected chi connectivity index (χ0v) is 17.0. The number of quaternary nitrogens is 1. The quantitative estimate of drug-likeness (QED) is 0.626. The molecule has 3 aliphatic rings. The molecule has 148 valence electrons. The van der Waals surface area contributed by atoms with Crippen molar-refractivity contribution in [2.24, 2.45) is 0 Å². The van der Waals surface area contributed by atoms with E-state index in [0.717, 1.165) is 37.2 Å². The lowest BCUT2D eigenvalue weighted by atomic mass is 10.3. The Kier molecular flexibility index (Phi) is 5.41. The highest BCUT2D eigenvalue weighted by molar-refractivity contribution is 7.99. The fourth-order valence-electron chi connectivity index (χ4n) is 3.52. The average molecular weight is 394 g/mol. The van der Waals surface area contributed by atoms with E-state index in [1.165, 1.54) is 42.3 Å². The summed E-state index contributed by atoms with van der Waals surface area (Å²) in [6.07, 6.45) is 4.85. The minimum absolute atomic E-state index is 0.145. The highest BCUT2D eigenvalue weighted by Crippen LogP contribution is 2.45. The smallest absolute Gasteiger partial charge is 0.277 e. The molecule has 1 aromatic heterocycles. The van der Waals surface area contributed by atoms with Gasteiger partial charge in [0.2, 0.25) is 5.91 Å². The molecule has 0 radical (unpaired) electrons. The first-order valence-corrected chi connectivity index (χ1v) is 10.9. The average Bonchev–Trinajstić information content (AvgIpc) is 3.59. The summed E-state index contributed by atoms with van der Waals surface area (Å²) in [6.45, 7) is 3.62. The molecule has 2 amide bonds. The zero-order chi connectivity index (χ0) is 19.0. The van der Waals surface area contributed by atoms with Gasteiger partial charge in [-0.25, -0.2) is 0 Å². The molecule has 1 aromatic rings. The van der Waals surface area contributed by atoms with Gasteiger partial charge in [0.15, 0.2) is 11.7 Å². The molecule has 2 saturated carbocycles. The fourth-order valence-corrected chi connectivity index (χ4v) is 4.44. The first kappa shape index (κ1) is 18.7. The second-order valence-electron chi connectivity index (χ2n) is 8.10. The zero-order valence-electron chi connectivity index (χ0n) is 16.2. The second kappa shape index (κ2) is 7.79. The third-order valence-electron chi connectivity index (χ3n) is 5.59. The van der Waals surface area contributed by atoms with E-state index < -0.39 is 0 Å². The molecule has 0 bridgehead atoms. The van der Waals surface area contributed by atoms with Crippen LogP contribution in [0.2, 0.25) is 0 Å². The van der Waals surface area contributed by atoms with Crippen LogP contribution < -0.4 is 4.90 Å². The molecule has 0 atom stereocenters. The Morgan fingerprint density at radius 2 is 1.85 bits per heavy atom. The lowest BCUT2D eigenvalue weighted by Gasteiger charge is -2.32. The molecular weight excluding hydrogens is 364 g/mol. The number of likely N-dealkylation sites (N-methyl/N-ethyl adjacent to an activating group) is 1. The van der Waals surface area contributed by atoms with Crippen LogP contribution in [0.25, 0.3) is 0 Å². The monoisotopic (exact) mass is 393 g/mol. The molecule has 4 rings (SSSR count). The van der Waals surface area contributed by atoms with Gasteiger partial charge in [0.1, 0.15) is 5.82 Å². The van der Waals surface area contributed by atoms with Crippen LogP contribution in [-0.2, 0) is 9.59 Å². The van der Waals surface area contributed by atoms with E-state index >= 15 is 0 Å². The molecule has 2 heterocycles. The molecule has 0 spiro atoms. The third-order valence-corrected chi connectivity index (χ3v) is 6.52. The van der Waals surface area contributed by atoms with Crippen LogP contribution in [0, 0.1) is 0 Å². The summed E-state index contributed by atoms with van der Waals surface area (Å²) in [5.41, 5.74) is 0. The van der Waals surface area contributed by atoms with Gasteiger partial charge in [0, 0.05) is 26.1 Å². The Morgan fingerprint density at radius 3 is 2.44 bits per heavy atom. The number of nitrogens with zero attached hydrogens (tertiary/aromatic N) is 5. The summed E-state index contributed by atoms with van der Waals surface area (Å²) in [5.74, 6) is 2.45. The highest BCUT2D eigenvalue weighted by Gasteiger charge is 2.36. The van der Waals surface area contributed by atoms with Crippen molar-refractivity contribution >= 4 is 23.6 Å². The van der Waals surface area contributed by atoms with Crippen LogP contribution in [0.3, 0.4) is 0 Å². The molecule has 8 nitrogen and oxygen atoms in total. The maximum atomic E-state index is 12.6. The van der Waals surface area contributed by atoms with Crippen molar-refractivity contribution < 1.29 is 14.5 Å². The molecule has 1 saturated heterocycles. The predicted molar refractivity (Wildman–Crippen MR) is 102 cm³/mol. The summed E-state index contributed by atoms with van der Waals surface area (Å²) in [6, 6.07) is 0.551. The van der Waals surface area contributed by atoms with Crippen molar-refractivity contribution in [1.29, 1.82) is 0 Å². The number of hydrogen-bond acceptors (Lipinski definition) is 5. The van der Waals surface area contributed by atoms with E-state index in [1.54, 1.807) is 19.0 Å². The molecule has 1 aliphatic heterocycles. The summed E-state index contributed by atoms with van der Waals surface area (Å²) in [5, 5.41) is 9.70. The lowest BCUT2D eigenvalue weighted by molar-refractivity contribution is -0.896. The highest BCUT2D eigenvalue weighted by atomic mass is 32.2. The van der Waals surface area contributed by atoms with Gasteiger partial charge in [-0.1, -0.05) is 11.8 Å². The van der Waals surface area contributed by atoms with Crippen molar-refractivity contribution in [3.05, 3.63) is 5.82 Å². The minimum atomic E-state index is 0.145. The SMILES string of the molecule is CN(C)C(=O)C[NH+]1CCN(C(=O)CSc2nnc(C3CC3)n2C2CC2)CC1. The Hall–Kier alpha value is -1.61. The summed E-state index contributed by atoms with van der Waals surface area (Å²) < 4.78 is 2.30. The summed E-state index contributed by atoms with van der Waals surface area (Å²) >= 11 is 1.53. The van der Waals surface area contributed by atoms with E-state index in [0.29, 0.717) is 24.3 Å². The molecule has 3 fully saturated rings. The number of amides is 2. The van der Waals surface area contributed by atoms with Crippen LogP contribution in [0.5, 0.6) is 0 Å². The Bertz CT molecular complexity index is 705. The Morgan fingerprint density at radius 1 is 1.15 bits per heavy atom. The van der Waals surface area contributed by atoms with Gasteiger partial charge in [0.25, 0.3) is 5.91 Å². The van der Waals surface area contributed by atoms with Gasteiger partial charge >= 0.3 is 0 Å². The number of rotatable bonds is 7. The van der Waals surface area contributed by atoms with Crippen molar-refractivity contribution in [1.82, 2.24) is 24.6 Å². The lowest BCUT2D eigenvalue weighted by Crippen LogP contribution is -3.15. The van der Waals surface area contributed by atoms with Gasteiger partial charge in [0.05, 0.1) is 31.9 Å². The molecule has 9 heteroatoms. The number of carbonyl (C=O) groups is 2. The number of nitrogens with one attached hydrogen (secondary N) is 1. The van der Waals surface area contributed by atoms with Crippen molar-refractivity contribution in [3.8, 4) is 0 Å². The predicted octanol–water partition coefficient (Wildman–Crippen LogP) is -0.602. The number of piperazine rings is 1. The van der Waals surface area contributed by atoms with E-state index in [-0.39, 0.29) is 11.8 Å². The second-order valence-corrected chi connectivity index (χ2v) is 9.04. The largest absolute Gasteiger partial charge is 0.344 e. The van der Waals surface area contributed by atoms with Crippen molar-refractivity contribution in [3.63, 3.8) is 0 Å². The number of carbonyl (C=O) groups excluding carboxylic acids is 2. The van der Waals surface area contributed by atoms with Gasteiger partial charge in [-0.3, -0.25) is 9.59 Å². The molecule has 0 unspecified atom stereocenters. The van der Waals surface area contributed by atoms with Crippen molar-refractivity contribution in [2.75, 3.05) is 52.6 Å². The minimum Gasteiger partial charge on any atom is -0.344 e. The molecule has 0 aromatic carbocycles. The molecule has 2 aliphatic carbocycles. The van der Waals surface area contributed by atoms with E-state index in [4.69, 9.17) is 0 Å². The van der Waals surface area contributed by atoms with Crippen LogP contribution in [0.1, 0.15) is 43.5 Å². The van der Waals surface area contributed by atoms with Crippen LogP contribution in [0.15, 0.2) is 5.16 Å². The van der Waals surface area contributed by atoms with Gasteiger partial charge in [-0.05, 0) is 25.7 Å². The van der Waals surface area contributed by atoms with Crippen LogP contribution in [-0.4, -0.2) is 89.0 Å². The van der Waals surface area contributed by atoms with E-state index in [9.17, 15) is 9.59 Å². The van der Waals surface area contributed by atoms with E-state index in [1.807, 2.05) is 4.90 Å². The number of hydrogen-bond donors (Lipinski definition) is 1. The summed E-state index contributed by atoms with van der Waals surface area (Å²) in [4.78, 5) is 29.3. The van der Waals surface area contributed by atoms with Crippen LogP contribution in [0.4, 0.5) is 0 Å². The van der Waals surface area contributed by atoms with Gasteiger partial charge < -0.3 is 19.3 Å². The maximum Gasteiger partial charge on any atom is 0.277 e. The first-order chi connectivity index (χ1) is 13.0. The molecular formula is C18H29N6O2S+. The molecule has 27 heavy (non-hydrogen) atoms. The van der Waals surface area contributed by atoms with E-state index in [2.05, 4.69) is 14.8 Å². The van der Waals surface area contributed by atoms with Crippen molar-refractivity contribution in [2.45, 2.75) is 42.8 Å². The third kappa shape index (κ3) is 4.45. The molecule has 1 N–H and O–H groups in total. The Labute approximate surface area is 164 Å². The summed E-state index contributed by atoms with van der Waals surface area (Å²) in [7, 11) is 3.57. The number of aromatic nitrogens is 3. The number of thioether (sulfide) groups is 1. The Balaban J connectivity index is 1.27. The van der Waals surface area contributed by atoms with Gasteiger partial charge in [-0.2, -0.15) is 0 Å².